The highest BCUT2D eigenvalue weighted by atomic mass is 16.6. The molecule has 2 heterocycles. The summed E-state index contributed by atoms with van der Waals surface area (Å²) in [6, 6.07) is 6.90. The molecule has 114 valence electrons. The molecule has 0 unspecified atom stereocenters. The fourth-order valence-electron chi connectivity index (χ4n) is 1.89. The van der Waals surface area contributed by atoms with Crippen LogP contribution in [-0.4, -0.2) is 27.3 Å². The maximum absolute atomic E-state index is 12.2. The van der Waals surface area contributed by atoms with Gasteiger partial charge in [-0.1, -0.05) is 0 Å². The van der Waals surface area contributed by atoms with E-state index < -0.39 is 11.6 Å². The minimum absolute atomic E-state index is 0.284. The molecule has 0 aliphatic carbocycles. The second-order valence-electron chi connectivity index (χ2n) is 5.86. The molecule has 0 amide bonds. The summed E-state index contributed by atoms with van der Waals surface area (Å²) in [5, 5.41) is 0. The lowest BCUT2D eigenvalue weighted by Crippen LogP contribution is -2.25. The van der Waals surface area contributed by atoms with Crippen LogP contribution in [-0.2, 0) is 9.53 Å². The number of hydrogen-bond acceptors (Lipinski definition) is 5. The fourth-order valence-corrected chi connectivity index (χ4v) is 1.89. The van der Waals surface area contributed by atoms with Gasteiger partial charge in [0.1, 0.15) is 12.0 Å². The molecule has 5 nitrogen and oxygen atoms in total. The molecule has 2 aromatic heterocycles. The molecular formula is C17H18N2O3. The lowest BCUT2D eigenvalue weighted by Gasteiger charge is -2.19. The largest absolute Gasteiger partial charge is 0.460 e. The standard InChI is InChI=1S/C17H18N2O3/c1-17(2,3)22-16(21)10-15(20)12-6-8-19-14(9-12)13-5-4-7-18-11-13/h4-9,11H,10H2,1-3H3. The lowest BCUT2D eigenvalue weighted by atomic mass is 10.1. The number of carbonyl (C=O) groups is 2. The average Bonchev–Trinajstić information content (AvgIpc) is 2.46. The van der Waals surface area contributed by atoms with Crippen LogP contribution >= 0.6 is 0 Å². The van der Waals surface area contributed by atoms with E-state index >= 15 is 0 Å². The van der Waals surface area contributed by atoms with E-state index in [1.54, 1.807) is 57.6 Å². The van der Waals surface area contributed by atoms with Crippen LogP contribution in [0.2, 0.25) is 0 Å². The molecule has 0 aliphatic rings. The molecule has 0 radical (unpaired) electrons. The highest BCUT2D eigenvalue weighted by molar-refractivity contribution is 6.06. The van der Waals surface area contributed by atoms with Crippen LogP contribution in [0.1, 0.15) is 37.6 Å². The van der Waals surface area contributed by atoms with E-state index in [4.69, 9.17) is 4.74 Å². The smallest absolute Gasteiger partial charge is 0.314 e. The highest BCUT2D eigenvalue weighted by Gasteiger charge is 2.20. The summed E-state index contributed by atoms with van der Waals surface area (Å²) in [5.74, 6) is -0.820. The number of pyridine rings is 2. The van der Waals surface area contributed by atoms with Crippen LogP contribution in [0.25, 0.3) is 11.3 Å². The van der Waals surface area contributed by atoms with Crippen LogP contribution in [0.3, 0.4) is 0 Å². The number of Topliss-reactive ketones (excluding diaryl/α,β-unsaturated/α-hetero) is 1. The molecule has 0 spiro atoms. The Morgan fingerprint density at radius 2 is 1.95 bits per heavy atom. The molecule has 22 heavy (non-hydrogen) atoms. The monoisotopic (exact) mass is 298 g/mol. The predicted molar refractivity (Wildman–Crippen MR) is 82.3 cm³/mol. The number of aromatic nitrogens is 2. The van der Waals surface area contributed by atoms with Crippen molar-refractivity contribution in [1.82, 2.24) is 9.97 Å². The number of rotatable bonds is 4. The first-order chi connectivity index (χ1) is 10.3. The molecule has 0 aromatic carbocycles. The van der Waals surface area contributed by atoms with E-state index in [9.17, 15) is 9.59 Å². The summed E-state index contributed by atoms with van der Waals surface area (Å²) in [7, 11) is 0. The third kappa shape index (κ3) is 4.48. The van der Waals surface area contributed by atoms with Crippen molar-refractivity contribution in [2.45, 2.75) is 32.8 Å². The maximum atomic E-state index is 12.2. The van der Waals surface area contributed by atoms with E-state index in [1.165, 1.54) is 0 Å². The Balaban J connectivity index is 2.13. The van der Waals surface area contributed by atoms with Crippen molar-refractivity contribution in [3.05, 3.63) is 48.4 Å². The Hall–Kier alpha value is -2.56. The van der Waals surface area contributed by atoms with E-state index in [0.29, 0.717) is 11.3 Å². The lowest BCUT2D eigenvalue weighted by molar-refractivity contribution is -0.153. The molecule has 0 atom stereocenters. The van der Waals surface area contributed by atoms with Crippen LogP contribution in [0, 0.1) is 0 Å². The minimum Gasteiger partial charge on any atom is -0.460 e. The Labute approximate surface area is 129 Å². The summed E-state index contributed by atoms with van der Waals surface area (Å²) in [4.78, 5) is 32.2. The number of nitrogens with zero attached hydrogens (tertiary/aromatic N) is 2. The molecule has 0 fully saturated rings. The van der Waals surface area contributed by atoms with E-state index in [0.717, 1.165) is 5.56 Å². The van der Waals surface area contributed by atoms with Gasteiger partial charge >= 0.3 is 5.97 Å². The van der Waals surface area contributed by atoms with Crippen LogP contribution < -0.4 is 0 Å². The number of ether oxygens (including phenoxy) is 1. The number of esters is 1. The summed E-state index contributed by atoms with van der Waals surface area (Å²) >= 11 is 0. The van der Waals surface area contributed by atoms with E-state index in [1.807, 2.05) is 6.07 Å². The van der Waals surface area contributed by atoms with Crippen LogP contribution in [0.5, 0.6) is 0 Å². The zero-order chi connectivity index (χ0) is 16.2. The average molecular weight is 298 g/mol. The second-order valence-corrected chi connectivity index (χ2v) is 5.86. The van der Waals surface area contributed by atoms with Gasteiger partial charge in [0.05, 0.1) is 5.69 Å². The third-order valence-corrected chi connectivity index (χ3v) is 2.76. The molecule has 0 aliphatic heterocycles. The first-order valence-corrected chi connectivity index (χ1v) is 6.97. The molecule has 0 N–H and O–H groups in total. The Morgan fingerprint density at radius 1 is 1.18 bits per heavy atom. The van der Waals surface area contributed by atoms with Gasteiger partial charge in [0.25, 0.3) is 0 Å². The predicted octanol–water partition coefficient (Wildman–Crippen LogP) is 3.06. The van der Waals surface area contributed by atoms with Gasteiger partial charge in [0, 0.05) is 29.7 Å². The van der Waals surface area contributed by atoms with Crippen LogP contribution in [0.15, 0.2) is 42.9 Å². The fraction of sp³-hybridized carbons (Fsp3) is 0.294. The van der Waals surface area contributed by atoms with Crippen molar-refractivity contribution in [2.24, 2.45) is 0 Å². The van der Waals surface area contributed by atoms with Gasteiger partial charge in [-0.25, -0.2) is 0 Å². The first kappa shape index (κ1) is 15.8. The summed E-state index contributed by atoms with van der Waals surface area (Å²) in [6.45, 7) is 5.30. The van der Waals surface area contributed by atoms with Crippen LogP contribution in [0.4, 0.5) is 0 Å². The Morgan fingerprint density at radius 3 is 2.59 bits per heavy atom. The third-order valence-electron chi connectivity index (χ3n) is 2.76. The first-order valence-electron chi connectivity index (χ1n) is 6.97. The normalized spacial score (nSPS) is 11.0. The summed E-state index contributed by atoms with van der Waals surface area (Å²) < 4.78 is 5.16. The Bertz CT molecular complexity index is 676. The van der Waals surface area contributed by atoms with Gasteiger partial charge < -0.3 is 4.74 Å². The van der Waals surface area contributed by atoms with Crippen molar-refractivity contribution in [3.63, 3.8) is 0 Å². The SMILES string of the molecule is CC(C)(C)OC(=O)CC(=O)c1ccnc(-c2cccnc2)c1. The van der Waals surface area contributed by atoms with Crippen molar-refractivity contribution >= 4 is 11.8 Å². The van der Waals surface area contributed by atoms with Crippen molar-refractivity contribution in [1.29, 1.82) is 0 Å². The topological polar surface area (TPSA) is 69.2 Å². The maximum Gasteiger partial charge on any atom is 0.314 e. The van der Waals surface area contributed by atoms with Gasteiger partial charge in [0.15, 0.2) is 5.78 Å². The Kier molecular flexibility index (Phi) is 4.65. The quantitative estimate of drug-likeness (QED) is 0.493. The van der Waals surface area contributed by atoms with Gasteiger partial charge in [0.2, 0.25) is 0 Å². The van der Waals surface area contributed by atoms with Crippen molar-refractivity contribution in [3.8, 4) is 11.3 Å². The van der Waals surface area contributed by atoms with Gasteiger partial charge in [-0.05, 0) is 45.0 Å². The molecule has 0 bridgehead atoms. The number of carbonyl (C=O) groups excluding carboxylic acids is 2. The zero-order valence-electron chi connectivity index (χ0n) is 12.9. The van der Waals surface area contributed by atoms with Crippen molar-refractivity contribution in [2.75, 3.05) is 0 Å². The van der Waals surface area contributed by atoms with E-state index in [-0.39, 0.29) is 12.2 Å². The van der Waals surface area contributed by atoms with Gasteiger partial charge in [-0.2, -0.15) is 0 Å². The van der Waals surface area contributed by atoms with Gasteiger partial charge in [-0.3, -0.25) is 19.6 Å². The molecule has 2 rings (SSSR count). The van der Waals surface area contributed by atoms with Gasteiger partial charge in [-0.15, -0.1) is 0 Å². The minimum atomic E-state index is -0.601. The number of ketones is 1. The second kappa shape index (κ2) is 6.47. The van der Waals surface area contributed by atoms with Crippen molar-refractivity contribution < 1.29 is 14.3 Å². The molecule has 5 heteroatoms. The zero-order valence-corrected chi connectivity index (χ0v) is 12.9. The molecule has 2 aromatic rings. The summed E-state index contributed by atoms with van der Waals surface area (Å²) in [6.07, 6.45) is 4.60. The molecular weight excluding hydrogens is 280 g/mol. The molecule has 0 saturated heterocycles. The highest BCUT2D eigenvalue weighted by Crippen LogP contribution is 2.17. The number of hydrogen-bond donors (Lipinski definition) is 0. The summed E-state index contributed by atoms with van der Waals surface area (Å²) in [5.41, 5.74) is 1.29. The molecule has 0 saturated carbocycles. The van der Waals surface area contributed by atoms with E-state index in [2.05, 4.69) is 9.97 Å².